The highest BCUT2D eigenvalue weighted by atomic mass is 16.5. The molecule has 0 fully saturated rings. The molecule has 5 nitrogen and oxygen atoms in total. The summed E-state index contributed by atoms with van der Waals surface area (Å²) in [6.07, 6.45) is 0. The Labute approximate surface area is 199 Å². The van der Waals surface area contributed by atoms with Gasteiger partial charge < -0.3 is 19.5 Å². The summed E-state index contributed by atoms with van der Waals surface area (Å²) >= 11 is 0. The molecule has 0 atom stereocenters. The van der Waals surface area contributed by atoms with Gasteiger partial charge in [0.05, 0.1) is 0 Å². The second-order valence-corrected chi connectivity index (χ2v) is 7.71. The highest BCUT2D eigenvalue weighted by Gasteiger charge is 2.10. The van der Waals surface area contributed by atoms with Crippen LogP contribution >= 0.6 is 0 Å². The molecule has 0 bridgehead atoms. The minimum atomic E-state index is -0.333. The molecule has 1 N–H and O–H groups in total. The third-order valence-electron chi connectivity index (χ3n) is 5.10. The normalized spacial score (nSPS) is 10.4. The smallest absolute Gasteiger partial charge is 0.325 e. The number of carbonyl (C=O) groups excluding carboxylic acids is 1. The average Bonchev–Trinajstić information content (AvgIpc) is 2.90. The molecule has 0 radical (unpaired) electrons. The highest BCUT2D eigenvalue weighted by molar-refractivity contribution is 5.75. The number of esters is 1. The molecule has 0 unspecified atom stereocenters. The van der Waals surface area contributed by atoms with Crippen LogP contribution in [0.15, 0.2) is 109 Å². The Balaban J connectivity index is 1.38. The molecule has 0 aliphatic heterocycles. The van der Waals surface area contributed by atoms with Gasteiger partial charge in [-0.05, 0) is 28.8 Å². The van der Waals surface area contributed by atoms with Crippen LogP contribution in [0.2, 0.25) is 0 Å². The lowest BCUT2D eigenvalue weighted by Crippen LogP contribution is -2.16. The Bertz CT molecular complexity index is 1160. The van der Waals surface area contributed by atoms with Gasteiger partial charge in [0.2, 0.25) is 0 Å². The van der Waals surface area contributed by atoms with E-state index >= 15 is 0 Å². The first-order chi connectivity index (χ1) is 16.8. The number of rotatable bonds is 11. The fourth-order valence-electron chi connectivity index (χ4n) is 3.28. The Morgan fingerprint density at radius 1 is 0.588 bits per heavy atom. The van der Waals surface area contributed by atoms with Crippen molar-refractivity contribution in [2.24, 2.45) is 0 Å². The van der Waals surface area contributed by atoms with Gasteiger partial charge in [0.25, 0.3) is 0 Å². The largest absolute Gasteiger partial charge is 0.485 e. The molecule has 0 spiro atoms. The lowest BCUT2D eigenvalue weighted by atomic mass is 10.2. The fraction of sp³-hybridized carbons (Fsp3) is 0.138. The zero-order chi connectivity index (χ0) is 23.4. The number of nitrogens with one attached hydrogen (secondary N) is 1. The monoisotopic (exact) mass is 453 g/mol. The van der Waals surface area contributed by atoms with Crippen LogP contribution in [0, 0.1) is 0 Å². The predicted molar refractivity (Wildman–Crippen MR) is 133 cm³/mol. The van der Waals surface area contributed by atoms with Crippen LogP contribution in [0.4, 0.5) is 5.69 Å². The third kappa shape index (κ3) is 7.14. The van der Waals surface area contributed by atoms with E-state index in [4.69, 9.17) is 14.2 Å². The second kappa shape index (κ2) is 12.1. The van der Waals surface area contributed by atoms with Gasteiger partial charge in [0.15, 0.2) is 11.5 Å². The van der Waals surface area contributed by atoms with Gasteiger partial charge in [0.1, 0.15) is 26.4 Å². The second-order valence-electron chi connectivity index (χ2n) is 7.71. The van der Waals surface area contributed by atoms with E-state index in [1.54, 1.807) is 0 Å². The molecular weight excluding hydrogens is 426 g/mol. The van der Waals surface area contributed by atoms with E-state index in [1.165, 1.54) is 0 Å². The SMILES string of the molecule is O=C(CNc1ccc(OCc2ccccc2)c(OCc2ccccc2)c1)OCc1ccccc1. The summed E-state index contributed by atoms with van der Waals surface area (Å²) in [5.74, 6) is 0.902. The molecular formula is C29H27NO4. The average molecular weight is 454 g/mol. The molecule has 0 aliphatic carbocycles. The topological polar surface area (TPSA) is 56.8 Å². The Morgan fingerprint density at radius 3 is 1.65 bits per heavy atom. The summed E-state index contributed by atoms with van der Waals surface area (Å²) in [7, 11) is 0. The van der Waals surface area contributed by atoms with Crippen molar-refractivity contribution in [3.05, 3.63) is 126 Å². The van der Waals surface area contributed by atoms with Crippen molar-refractivity contribution >= 4 is 11.7 Å². The molecule has 172 valence electrons. The van der Waals surface area contributed by atoms with Crippen molar-refractivity contribution < 1.29 is 19.0 Å². The summed E-state index contributed by atoms with van der Waals surface area (Å²) in [6, 6.07) is 35.1. The maximum absolute atomic E-state index is 12.2. The van der Waals surface area contributed by atoms with Crippen LogP contribution in [0.25, 0.3) is 0 Å². The lowest BCUT2D eigenvalue weighted by molar-refractivity contribution is -0.142. The van der Waals surface area contributed by atoms with E-state index in [1.807, 2.05) is 109 Å². The van der Waals surface area contributed by atoms with Crippen molar-refractivity contribution in [3.63, 3.8) is 0 Å². The van der Waals surface area contributed by atoms with Gasteiger partial charge in [-0.2, -0.15) is 0 Å². The molecule has 0 aliphatic rings. The van der Waals surface area contributed by atoms with E-state index in [0.717, 1.165) is 22.4 Å². The number of hydrogen-bond donors (Lipinski definition) is 1. The molecule has 4 aromatic rings. The highest BCUT2D eigenvalue weighted by Crippen LogP contribution is 2.32. The molecule has 0 aromatic heterocycles. The first-order valence-corrected chi connectivity index (χ1v) is 11.2. The third-order valence-corrected chi connectivity index (χ3v) is 5.10. The standard InChI is InChI=1S/C29H27NO4/c31-29(34-22-25-14-8-3-9-15-25)19-30-26-16-17-27(32-20-23-10-4-1-5-11-23)28(18-26)33-21-24-12-6-2-7-13-24/h1-18,30H,19-22H2. The molecule has 0 amide bonds. The van der Waals surface area contributed by atoms with E-state index in [2.05, 4.69) is 5.32 Å². The van der Waals surface area contributed by atoms with Crippen molar-refractivity contribution in [1.29, 1.82) is 0 Å². The van der Waals surface area contributed by atoms with Gasteiger partial charge in [-0.3, -0.25) is 4.79 Å². The van der Waals surface area contributed by atoms with E-state index in [9.17, 15) is 4.79 Å². The number of ether oxygens (including phenoxy) is 3. The minimum Gasteiger partial charge on any atom is -0.485 e. The Kier molecular flexibility index (Phi) is 8.17. The summed E-state index contributed by atoms with van der Waals surface area (Å²) in [5.41, 5.74) is 3.82. The summed E-state index contributed by atoms with van der Waals surface area (Å²) in [6.45, 7) is 1.14. The number of anilines is 1. The molecule has 0 saturated carbocycles. The van der Waals surface area contributed by atoms with Crippen molar-refractivity contribution in [2.75, 3.05) is 11.9 Å². The Morgan fingerprint density at radius 2 is 1.09 bits per heavy atom. The maximum Gasteiger partial charge on any atom is 0.325 e. The van der Waals surface area contributed by atoms with Crippen LogP contribution in [0.5, 0.6) is 11.5 Å². The van der Waals surface area contributed by atoms with Crippen molar-refractivity contribution in [1.82, 2.24) is 0 Å². The molecule has 4 rings (SSSR count). The summed E-state index contributed by atoms with van der Waals surface area (Å²) in [4.78, 5) is 12.2. The summed E-state index contributed by atoms with van der Waals surface area (Å²) < 4.78 is 17.5. The Hall–Kier alpha value is -4.25. The van der Waals surface area contributed by atoms with E-state index < -0.39 is 0 Å². The van der Waals surface area contributed by atoms with Crippen molar-refractivity contribution in [2.45, 2.75) is 19.8 Å². The summed E-state index contributed by atoms with van der Waals surface area (Å²) in [5, 5.41) is 3.11. The zero-order valence-corrected chi connectivity index (χ0v) is 18.9. The van der Waals surface area contributed by atoms with Gasteiger partial charge in [-0.1, -0.05) is 91.0 Å². The molecule has 34 heavy (non-hydrogen) atoms. The van der Waals surface area contributed by atoms with Crippen LogP contribution in [-0.4, -0.2) is 12.5 Å². The van der Waals surface area contributed by atoms with E-state index in [-0.39, 0.29) is 19.1 Å². The minimum absolute atomic E-state index is 0.0508. The van der Waals surface area contributed by atoms with Crippen LogP contribution < -0.4 is 14.8 Å². The van der Waals surface area contributed by atoms with Crippen LogP contribution in [0.3, 0.4) is 0 Å². The van der Waals surface area contributed by atoms with E-state index in [0.29, 0.717) is 24.7 Å². The van der Waals surface area contributed by atoms with Gasteiger partial charge in [0, 0.05) is 11.8 Å². The number of carbonyl (C=O) groups is 1. The fourth-order valence-corrected chi connectivity index (χ4v) is 3.28. The first-order valence-electron chi connectivity index (χ1n) is 11.2. The molecule has 5 heteroatoms. The molecule has 4 aromatic carbocycles. The number of benzene rings is 4. The van der Waals surface area contributed by atoms with Gasteiger partial charge in [-0.25, -0.2) is 0 Å². The van der Waals surface area contributed by atoms with Crippen molar-refractivity contribution in [3.8, 4) is 11.5 Å². The molecule has 0 saturated heterocycles. The van der Waals surface area contributed by atoms with Gasteiger partial charge in [-0.15, -0.1) is 0 Å². The molecule has 0 heterocycles. The zero-order valence-electron chi connectivity index (χ0n) is 18.9. The first kappa shape index (κ1) is 22.9. The number of hydrogen-bond acceptors (Lipinski definition) is 5. The predicted octanol–water partition coefficient (Wildman–Crippen LogP) is 6.00. The van der Waals surface area contributed by atoms with Crippen LogP contribution in [-0.2, 0) is 29.4 Å². The van der Waals surface area contributed by atoms with Gasteiger partial charge >= 0.3 is 5.97 Å². The maximum atomic E-state index is 12.2. The quantitative estimate of drug-likeness (QED) is 0.282. The lowest BCUT2D eigenvalue weighted by Gasteiger charge is -2.15. The van der Waals surface area contributed by atoms with Crippen LogP contribution in [0.1, 0.15) is 16.7 Å².